The van der Waals surface area contributed by atoms with Crippen molar-refractivity contribution in [3.05, 3.63) is 108 Å². The molecule has 2 aliphatic rings. The van der Waals surface area contributed by atoms with Gasteiger partial charge in [0.1, 0.15) is 35.4 Å². The second kappa shape index (κ2) is 16.0. The lowest BCUT2D eigenvalue weighted by Gasteiger charge is -2.28. The number of carboxylic acid groups (broad SMARTS) is 1. The Morgan fingerprint density at radius 1 is 0.786 bits per heavy atom. The highest BCUT2D eigenvalue weighted by molar-refractivity contribution is 5.87. The van der Waals surface area contributed by atoms with Gasteiger partial charge in [0.05, 0.1) is 43.0 Å². The molecule has 14 nitrogen and oxygen atoms in total. The number of alkyl carbamates (subject to hydrolysis) is 1. The fourth-order valence-electron chi connectivity index (χ4n) is 7.51. The van der Waals surface area contributed by atoms with Crippen molar-refractivity contribution >= 4 is 24.0 Å². The lowest BCUT2D eigenvalue weighted by atomic mass is 10.00. The van der Waals surface area contributed by atoms with Crippen molar-refractivity contribution < 1.29 is 37.8 Å². The van der Waals surface area contributed by atoms with E-state index >= 15 is 8.78 Å². The highest BCUT2D eigenvalue weighted by atomic mass is 19.1. The van der Waals surface area contributed by atoms with E-state index in [9.17, 15) is 24.3 Å². The maximum atomic E-state index is 15.7. The SMILES string of the molecule is COC(=O)N[C@@H](C)C(=O)N1CCC[C@H]1c1ncc(-c2ccc(-c3ccc(-c4cnc([C@@H]5CCCN5C(=O)[C@H](NC(=O)O)c5ccccc5)[nH]4)c(F)c3)cc2F)[nH]1. The summed E-state index contributed by atoms with van der Waals surface area (Å²) in [6.07, 6.45) is 3.62. The van der Waals surface area contributed by atoms with Gasteiger partial charge in [-0.2, -0.15) is 0 Å². The van der Waals surface area contributed by atoms with Gasteiger partial charge < -0.3 is 40.2 Å². The number of aromatic amines is 2. The van der Waals surface area contributed by atoms with E-state index in [2.05, 4.69) is 35.3 Å². The van der Waals surface area contributed by atoms with Crippen molar-refractivity contribution in [2.45, 2.75) is 56.8 Å². The molecular formula is C40H40F2N8O6. The second-order valence-corrected chi connectivity index (χ2v) is 13.8. The Hall–Kier alpha value is -6.58. The molecule has 2 saturated heterocycles. The Labute approximate surface area is 320 Å². The summed E-state index contributed by atoms with van der Waals surface area (Å²) in [5, 5.41) is 14.3. The van der Waals surface area contributed by atoms with E-state index in [0.717, 1.165) is 6.42 Å². The first-order chi connectivity index (χ1) is 27.0. The van der Waals surface area contributed by atoms with Crippen LogP contribution in [-0.2, 0) is 14.3 Å². The van der Waals surface area contributed by atoms with Crippen molar-refractivity contribution in [3.63, 3.8) is 0 Å². The number of hydrogen-bond acceptors (Lipinski definition) is 7. The van der Waals surface area contributed by atoms with Crippen LogP contribution < -0.4 is 10.6 Å². The highest BCUT2D eigenvalue weighted by Gasteiger charge is 2.37. The number of rotatable bonds is 10. The van der Waals surface area contributed by atoms with Gasteiger partial charge in [-0.1, -0.05) is 42.5 Å². The smallest absolute Gasteiger partial charge is 0.407 e. The van der Waals surface area contributed by atoms with E-state index < -0.39 is 47.9 Å². The molecule has 2 fully saturated rings. The quantitative estimate of drug-likeness (QED) is 0.107. The third-order valence-electron chi connectivity index (χ3n) is 10.3. The van der Waals surface area contributed by atoms with Crippen LogP contribution in [-0.4, -0.2) is 85.1 Å². The van der Waals surface area contributed by atoms with Gasteiger partial charge in [-0.05, 0) is 73.6 Å². The summed E-state index contributed by atoms with van der Waals surface area (Å²) in [6.45, 7) is 2.46. The molecular weight excluding hydrogens is 726 g/mol. The van der Waals surface area contributed by atoms with Crippen LogP contribution in [0.5, 0.6) is 0 Å². The predicted molar refractivity (Wildman–Crippen MR) is 200 cm³/mol. The molecule has 0 saturated carbocycles. The van der Waals surface area contributed by atoms with Crippen molar-refractivity contribution in [3.8, 4) is 33.6 Å². The van der Waals surface area contributed by atoms with Gasteiger partial charge in [-0.15, -0.1) is 0 Å². The molecule has 0 unspecified atom stereocenters. The Morgan fingerprint density at radius 3 is 1.79 bits per heavy atom. The molecule has 290 valence electrons. The zero-order valence-electron chi connectivity index (χ0n) is 30.6. The number of amides is 4. The van der Waals surface area contributed by atoms with Crippen LogP contribution in [0.3, 0.4) is 0 Å². The van der Waals surface area contributed by atoms with Crippen molar-refractivity contribution in [2.75, 3.05) is 20.2 Å². The number of carbonyl (C=O) groups is 4. The van der Waals surface area contributed by atoms with Crippen molar-refractivity contribution in [2.24, 2.45) is 0 Å². The number of carbonyl (C=O) groups excluding carboxylic acids is 3. The minimum absolute atomic E-state index is 0.232. The lowest BCUT2D eigenvalue weighted by Crippen LogP contribution is -2.46. The molecule has 5 aromatic rings. The summed E-state index contributed by atoms with van der Waals surface area (Å²) < 4.78 is 35.9. The van der Waals surface area contributed by atoms with E-state index in [0.29, 0.717) is 72.1 Å². The van der Waals surface area contributed by atoms with Gasteiger partial charge in [0, 0.05) is 24.2 Å². The van der Waals surface area contributed by atoms with Crippen molar-refractivity contribution in [1.82, 2.24) is 40.4 Å². The molecule has 4 heterocycles. The number of nitrogens with one attached hydrogen (secondary N) is 4. The largest absolute Gasteiger partial charge is 0.465 e. The van der Waals surface area contributed by atoms with E-state index in [1.54, 1.807) is 71.3 Å². The van der Waals surface area contributed by atoms with Crippen LogP contribution in [0, 0.1) is 11.6 Å². The van der Waals surface area contributed by atoms with Crippen LogP contribution in [0.15, 0.2) is 79.1 Å². The molecule has 2 aromatic heterocycles. The Bertz CT molecular complexity index is 2260. The lowest BCUT2D eigenvalue weighted by molar-refractivity contribution is -0.135. The predicted octanol–water partition coefficient (Wildman–Crippen LogP) is 6.49. The first kappa shape index (κ1) is 37.7. The highest BCUT2D eigenvalue weighted by Crippen LogP contribution is 2.36. The zero-order chi connectivity index (χ0) is 39.5. The molecule has 16 heteroatoms. The van der Waals surface area contributed by atoms with Gasteiger partial charge in [0.15, 0.2) is 0 Å². The van der Waals surface area contributed by atoms with Gasteiger partial charge in [-0.25, -0.2) is 28.3 Å². The Morgan fingerprint density at radius 2 is 1.30 bits per heavy atom. The number of H-pyrrole nitrogens is 2. The number of aromatic nitrogens is 4. The molecule has 4 amide bonds. The average Bonchev–Trinajstić information content (AvgIpc) is 4.03. The summed E-state index contributed by atoms with van der Waals surface area (Å²) in [4.78, 5) is 68.5. The normalized spacial score (nSPS) is 17.7. The topological polar surface area (TPSA) is 186 Å². The summed E-state index contributed by atoms with van der Waals surface area (Å²) >= 11 is 0. The number of halogens is 2. The van der Waals surface area contributed by atoms with Crippen LogP contribution in [0.25, 0.3) is 33.6 Å². The van der Waals surface area contributed by atoms with Crippen LogP contribution in [0.2, 0.25) is 0 Å². The van der Waals surface area contributed by atoms with E-state index in [1.165, 1.54) is 31.6 Å². The van der Waals surface area contributed by atoms with Gasteiger partial charge in [0.25, 0.3) is 5.91 Å². The van der Waals surface area contributed by atoms with E-state index in [-0.39, 0.29) is 23.1 Å². The number of likely N-dealkylation sites (tertiary alicyclic amines) is 2. The number of benzene rings is 3. The number of ether oxygens (including phenoxy) is 1. The third-order valence-corrected chi connectivity index (χ3v) is 10.3. The molecule has 0 spiro atoms. The molecule has 5 N–H and O–H groups in total. The molecule has 3 aromatic carbocycles. The van der Waals surface area contributed by atoms with Crippen LogP contribution in [0.4, 0.5) is 18.4 Å². The molecule has 2 aliphatic heterocycles. The molecule has 56 heavy (non-hydrogen) atoms. The van der Waals surface area contributed by atoms with Gasteiger partial charge in [-0.3, -0.25) is 9.59 Å². The molecule has 7 rings (SSSR count). The van der Waals surface area contributed by atoms with E-state index in [1.807, 2.05) is 0 Å². The fraction of sp³-hybridized carbons (Fsp3) is 0.300. The van der Waals surface area contributed by atoms with Crippen molar-refractivity contribution in [1.29, 1.82) is 0 Å². The maximum Gasteiger partial charge on any atom is 0.407 e. The minimum Gasteiger partial charge on any atom is -0.465 e. The standard InChI is InChI=1S/C40H40F2N8O6/c1-22(45-40(55)56-2)37(51)49-16-6-10-32(49)35-43-20-30(46-35)26-14-12-24(18-28(26)41)25-13-15-27(29(42)19-25)31-21-44-36(47-31)33-11-7-17-50(33)38(52)34(48-39(53)54)23-8-4-3-5-9-23/h3-5,8-9,12-15,18-22,32-34,48H,6-7,10-11,16-17H2,1-2H3,(H,43,46)(H,44,47)(H,45,55)(H,53,54)/t22-,32-,33-,34+/m0/s1. The van der Waals surface area contributed by atoms with Gasteiger partial charge in [0.2, 0.25) is 5.91 Å². The second-order valence-electron chi connectivity index (χ2n) is 13.8. The minimum atomic E-state index is -1.32. The number of nitrogens with zero attached hydrogens (tertiary/aromatic N) is 4. The average molecular weight is 767 g/mol. The maximum absolute atomic E-state index is 15.7. The summed E-state index contributed by atoms with van der Waals surface area (Å²) in [5.41, 5.74) is 2.69. The third kappa shape index (κ3) is 7.67. The Kier molecular flexibility index (Phi) is 10.8. The Balaban J connectivity index is 1.05. The monoisotopic (exact) mass is 766 g/mol. The van der Waals surface area contributed by atoms with E-state index in [4.69, 9.17) is 0 Å². The first-order valence-corrected chi connectivity index (χ1v) is 18.2. The van der Waals surface area contributed by atoms with Crippen LogP contribution in [0.1, 0.15) is 67.9 Å². The summed E-state index contributed by atoms with van der Waals surface area (Å²) in [5.74, 6) is -0.865. The fourth-order valence-corrected chi connectivity index (χ4v) is 7.51. The van der Waals surface area contributed by atoms with Gasteiger partial charge >= 0.3 is 12.2 Å². The molecule has 0 radical (unpaired) electrons. The molecule has 0 bridgehead atoms. The number of hydrogen-bond donors (Lipinski definition) is 5. The first-order valence-electron chi connectivity index (χ1n) is 18.2. The molecule has 0 aliphatic carbocycles. The summed E-state index contributed by atoms with van der Waals surface area (Å²) in [7, 11) is 1.22. The number of methoxy groups -OCH3 is 1. The van der Waals surface area contributed by atoms with Crippen LogP contribution >= 0.6 is 0 Å². The summed E-state index contributed by atoms with van der Waals surface area (Å²) in [6, 6.07) is 15.0. The molecule has 4 atom stereocenters. The zero-order valence-corrected chi connectivity index (χ0v) is 30.6. The number of imidazole rings is 2.